The van der Waals surface area contributed by atoms with Crippen LogP contribution in [-0.4, -0.2) is 35.2 Å². The summed E-state index contributed by atoms with van der Waals surface area (Å²) < 4.78 is 0. The maximum absolute atomic E-state index is 12.3. The van der Waals surface area contributed by atoms with Crippen LogP contribution in [0.15, 0.2) is 29.2 Å². The molecule has 4 heteroatoms. The molecule has 1 aromatic rings. The molecule has 3 rings (SSSR count). The number of carbonyl (C=O) groups excluding carboxylic acids is 1. The lowest BCUT2D eigenvalue weighted by Gasteiger charge is -2.19. The van der Waals surface area contributed by atoms with Gasteiger partial charge in [0.05, 0.1) is 5.25 Å². The number of hydrogen-bond donors (Lipinski definition) is 1. The van der Waals surface area contributed by atoms with Crippen molar-refractivity contribution in [3.05, 3.63) is 29.8 Å². The summed E-state index contributed by atoms with van der Waals surface area (Å²) in [5.74, 6) is 0.263. The summed E-state index contributed by atoms with van der Waals surface area (Å²) in [6, 6.07) is 8.46. The molecule has 0 saturated carbocycles. The lowest BCUT2D eigenvalue weighted by molar-refractivity contribution is -0.129. The van der Waals surface area contributed by atoms with Crippen molar-refractivity contribution in [1.82, 2.24) is 4.90 Å². The molecule has 3 nitrogen and oxygen atoms in total. The van der Waals surface area contributed by atoms with Crippen molar-refractivity contribution in [2.24, 2.45) is 5.73 Å². The van der Waals surface area contributed by atoms with E-state index in [2.05, 4.69) is 12.1 Å². The second kappa shape index (κ2) is 4.35. The molecule has 1 aromatic carbocycles. The topological polar surface area (TPSA) is 46.3 Å². The van der Waals surface area contributed by atoms with Crippen LogP contribution in [0.4, 0.5) is 0 Å². The molecule has 1 saturated heterocycles. The first kappa shape index (κ1) is 11.1. The zero-order valence-corrected chi connectivity index (χ0v) is 10.5. The third-order valence-electron chi connectivity index (χ3n) is 3.46. The number of carbonyl (C=O) groups is 1. The molecule has 1 fully saturated rings. The van der Waals surface area contributed by atoms with Crippen LogP contribution in [0.5, 0.6) is 0 Å². The second-order valence-corrected chi connectivity index (χ2v) is 6.00. The summed E-state index contributed by atoms with van der Waals surface area (Å²) in [6.45, 7) is 1.56. The smallest absolute Gasteiger partial charge is 0.236 e. The van der Waals surface area contributed by atoms with Gasteiger partial charge in [-0.2, -0.15) is 0 Å². The minimum Gasteiger partial charge on any atom is -0.340 e. The van der Waals surface area contributed by atoms with Gasteiger partial charge in [-0.15, -0.1) is 11.8 Å². The Kier molecular flexibility index (Phi) is 2.84. The lowest BCUT2D eigenvalue weighted by atomic mass is 10.1. The van der Waals surface area contributed by atoms with Crippen molar-refractivity contribution < 1.29 is 4.79 Å². The monoisotopic (exact) mass is 248 g/mol. The normalized spacial score (nSPS) is 27.2. The van der Waals surface area contributed by atoms with Gasteiger partial charge >= 0.3 is 0 Å². The number of nitrogens with zero attached hydrogens (tertiary/aromatic N) is 1. The highest BCUT2D eigenvalue weighted by atomic mass is 32.2. The summed E-state index contributed by atoms with van der Waals surface area (Å²) in [5, 5.41) is 0.0673. The van der Waals surface area contributed by atoms with Gasteiger partial charge in [0.15, 0.2) is 0 Å². The Morgan fingerprint density at radius 1 is 1.41 bits per heavy atom. The summed E-state index contributed by atoms with van der Waals surface area (Å²) in [4.78, 5) is 15.5. The fourth-order valence-electron chi connectivity index (χ4n) is 2.51. The largest absolute Gasteiger partial charge is 0.340 e. The molecule has 2 heterocycles. The van der Waals surface area contributed by atoms with E-state index in [0.29, 0.717) is 0 Å². The van der Waals surface area contributed by atoms with E-state index in [1.165, 1.54) is 10.5 Å². The molecule has 1 amide bonds. The maximum Gasteiger partial charge on any atom is 0.236 e. The summed E-state index contributed by atoms with van der Waals surface area (Å²) in [5.41, 5.74) is 7.15. The minimum absolute atomic E-state index is 0.0673. The molecule has 2 aliphatic heterocycles. The number of benzene rings is 1. The van der Waals surface area contributed by atoms with Crippen LogP contribution in [0.1, 0.15) is 12.0 Å². The highest BCUT2D eigenvalue weighted by molar-refractivity contribution is 8.01. The molecule has 0 bridgehead atoms. The van der Waals surface area contributed by atoms with Gasteiger partial charge in [-0.05, 0) is 24.5 Å². The van der Waals surface area contributed by atoms with Gasteiger partial charge in [0.25, 0.3) is 0 Å². The molecular formula is C13H16N2OS. The van der Waals surface area contributed by atoms with Gasteiger partial charge in [0.2, 0.25) is 5.91 Å². The summed E-state index contributed by atoms with van der Waals surface area (Å²) >= 11 is 1.70. The fraction of sp³-hybridized carbons (Fsp3) is 0.462. The molecule has 2 N–H and O–H groups in total. The fourth-order valence-corrected chi connectivity index (χ4v) is 3.79. The predicted molar refractivity (Wildman–Crippen MR) is 69.0 cm³/mol. The average Bonchev–Trinajstić information content (AvgIpc) is 2.93. The van der Waals surface area contributed by atoms with Crippen LogP contribution in [0.2, 0.25) is 0 Å². The molecule has 0 aromatic heterocycles. The standard InChI is InChI=1S/C13H16N2OS/c14-10-5-6-15(8-10)13(16)12-7-9-3-1-2-4-11(9)17-12/h1-4,10,12H,5-8,14H2/t10-,12?/m1/s1. The van der Waals surface area contributed by atoms with E-state index in [-0.39, 0.29) is 17.2 Å². The Bertz CT molecular complexity index is 424. The molecule has 0 radical (unpaired) electrons. The first-order valence-electron chi connectivity index (χ1n) is 6.03. The average molecular weight is 248 g/mol. The van der Waals surface area contributed by atoms with Crippen LogP contribution in [0.3, 0.4) is 0 Å². The first-order valence-corrected chi connectivity index (χ1v) is 6.91. The van der Waals surface area contributed by atoms with E-state index in [9.17, 15) is 4.79 Å². The van der Waals surface area contributed by atoms with Gasteiger partial charge in [0, 0.05) is 24.0 Å². The Hall–Kier alpha value is -1.00. The van der Waals surface area contributed by atoms with Crippen LogP contribution in [-0.2, 0) is 11.2 Å². The van der Waals surface area contributed by atoms with Crippen LogP contribution in [0, 0.1) is 0 Å². The molecule has 17 heavy (non-hydrogen) atoms. The van der Waals surface area contributed by atoms with E-state index in [0.717, 1.165) is 25.9 Å². The number of fused-ring (bicyclic) bond motifs is 1. The van der Waals surface area contributed by atoms with Gasteiger partial charge in [0.1, 0.15) is 0 Å². The van der Waals surface area contributed by atoms with Gasteiger partial charge < -0.3 is 10.6 Å². The zero-order chi connectivity index (χ0) is 11.8. The van der Waals surface area contributed by atoms with Crippen LogP contribution < -0.4 is 5.73 Å². The van der Waals surface area contributed by atoms with Crippen molar-refractivity contribution >= 4 is 17.7 Å². The molecule has 2 aliphatic rings. The quantitative estimate of drug-likeness (QED) is 0.814. The SMILES string of the molecule is N[C@@H]1CCN(C(=O)C2Cc3ccccc3S2)C1. The second-order valence-electron chi connectivity index (χ2n) is 4.75. The van der Waals surface area contributed by atoms with Crippen molar-refractivity contribution in [3.8, 4) is 0 Å². The Labute approximate surface area is 105 Å². The van der Waals surface area contributed by atoms with Crippen molar-refractivity contribution in [1.29, 1.82) is 0 Å². The molecule has 1 unspecified atom stereocenters. The van der Waals surface area contributed by atoms with E-state index in [1.807, 2.05) is 17.0 Å². The molecule has 90 valence electrons. The third kappa shape index (κ3) is 2.07. The van der Waals surface area contributed by atoms with E-state index >= 15 is 0 Å². The Morgan fingerprint density at radius 3 is 2.94 bits per heavy atom. The Morgan fingerprint density at radius 2 is 2.24 bits per heavy atom. The molecule has 0 spiro atoms. The van der Waals surface area contributed by atoms with Crippen LogP contribution in [0.25, 0.3) is 0 Å². The molecule has 2 atom stereocenters. The van der Waals surface area contributed by atoms with Gasteiger partial charge in [-0.25, -0.2) is 0 Å². The maximum atomic E-state index is 12.3. The van der Waals surface area contributed by atoms with Crippen molar-refractivity contribution in [2.45, 2.75) is 29.0 Å². The van der Waals surface area contributed by atoms with Crippen molar-refractivity contribution in [3.63, 3.8) is 0 Å². The number of hydrogen-bond acceptors (Lipinski definition) is 3. The van der Waals surface area contributed by atoms with E-state index in [1.54, 1.807) is 11.8 Å². The number of thioether (sulfide) groups is 1. The predicted octanol–water partition coefficient (Wildman–Crippen LogP) is 1.26. The number of amides is 1. The number of nitrogens with two attached hydrogens (primary N) is 1. The molecular weight excluding hydrogens is 232 g/mol. The first-order chi connectivity index (χ1) is 8.24. The van der Waals surface area contributed by atoms with E-state index in [4.69, 9.17) is 5.73 Å². The van der Waals surface area contributed by atoms with Gasteiger partial charge in [-0.3, -0.25) is 4.79 Å². The summed E-state index contributed by atoms with van der Waals surface area (Å²) in [7, 11) is 0. The molecule has 0 aliphatic carbocycles. The number of likely N-dealkylation sites (tertiary alicyclic amines) is 1. The van der Waals surface area contributed by atoms with Crippen LogP contribution >= 0.6 is 11.8 Å². The number of rotatable bonds is 1. The minimum atomic E-state index is 0.0673. The van der Waals surface area contributed by atoms with Crippen molar-refractivity contribution in [2.75, 3.05) is 13.1 Å². The zero-order valence-electron chi connectivity index (χ0n) is 9.63. The highest BCUT2D eigenvalue weighted by Crippen LogP contribution is 2.37. The highest BCUT2D eigenvalue weighted by Gasteiger charge is 2.33. The third-order valence-corrected chi connectivity index (χ3v) is 4.76. The Balaban J connectivity index is 1.70. The summed E-state index contributed by atoms with van der Waals surface area (Å²) in [6.07, 6.45) is 1.81. The van der Waals surface area contributed by atoms with Gasteiger partial charge in [-0.1, -0.05) is 18.2 Å². The van der Waals surface area contributed by atoms with E-state index < -0.39 is 0 Å². The lowest BCUT2D eigenvalue weighted by Crippen LogP contribution is -2.37.